The summed E-state index contributed by atoms with van der Waals surface area (Å²) in [5.74, 6) is -0.280. The number of hydrogen-bond donors (Lipinski definition) is 4. The Labute approximate surface area is 154 Å². The van der Waals surface area contributed by atoms with Crippen LogP contribution in [-0.4, -0.2) is 55.8 Å². The molecular formula is C16H24N6O5. The predicted molar refractivity (Wildman–Crippen MR) is 95.1 cm³/mol. The van der Waals surface area contributed by atoms with Crippen molar-refractivity contribution in [3.63, 3.8) is 0 Å². The minimum Gasteiger partial charge on any atom is -0.390 e. The van der Waals surface area contributed by atoms with Crippen molar-refractivity contribution in [2.75, 3.05) is 13.7 Å². The van der Waals surface area contributed by atoms with Crippen LogP contribution in [0.15, 0.2) is 21.9 Å². The molecule has 0 aliphatic heterocycles. The van der Waals surface area contributed by atoms with Gasteiger partial charge in [-0.25, -0.2) is 9.48 Å². The molecular weight excluding hydrogens is 356 g/mol. The van der Waals surface area contributed by atoms with Gasteiger partial charge < -0.3 is 20.1 Å². The number of methoxy groups -OCH3 is 1. The first-order valence-electron chi connectivity index (χ1n) is 8.37. The normalized spacial score (nSPS) is 12.7. The number of nitrogens with zero attached hydrogens (tertiary/aromatic N) is 3. The summed E-state index contributed by atoms with van der Waals surface area (Å²) >= 11 is 0. The third kappa shape index (κ3) is 6.15. The lowest BCUT2D eigenvalue weighted by atomic mass is 10.0. The molecule has 1 amide bonds. The first kappa shape index (κ1) is 20.5. The van der Waals surface area contributed by atoms with Crippen molar-refractivity contribution >= 4 is 5.91 Å². The summed E-state index contributed by atoms with van der Waals surface area (Å²) in [5, 5.41) is 20.5. The molecule has 11 heteroatoms. The number of nitrogens with one attached hydrogen (secondary N) is 3. The van der Waals surface area contributed by atoms with E-state index >= 15 is 0 Å². The second kappa shape index (κ2) is 8.73. The Bertz CT molecular complexity index is 855. The summed E-state index contributed by atoms with van der Waals surface area (Å²) in [6.45, 7) is 3.88. The maximum Gasteiger partial charge on any atom is 0.325 e. The monoisotopic (exact) mass is 380 g/mol. The van der Waals surface area contributed by atoms with Gasteiger partial charge in [-0.3, -0.25) is 14.6 Å². The summed E-state index contributed by atoms with van der Waals surface area (Å²) in [5.41, 5.74) is -0.922. The van der Waals surface area contributed by atoms with Gasteiger partial charge in [0.2, 0.25) is 5.91 Å². The fourth-order valence-corrected chi connectivity index (χ4v) is 2.53. The van der Waals surface area contributed by atoms with Gasteiger partial charge in [0, 0.05) is 31.5 Å². The number of aromatic amines is 2. The van der Waals surface area contributed by atoms with Crippen LogP contribution in [0.3, 0.4) is 0 Å². The summed E-state index contributed by atoms with van der Waals surface area (Å²) in [6, 6.07) is 1.21. The molecule has 0 unspecified atom stereocenters. The van der Waals surface area contributed by atoms with Crippen molar-refractivity contribution in [2.45, 2.75) is 44.9 Å². The van der Waals surface area contributed by atoms with Crippen molar-refractivity contribution in [3.8, 4) is 0 Å². The molecule has 27 heavy (non-hydrogen) atoms. The molecule has 0 saturated carbocycles. The van der Waals surface area contributed by atoms with E-state index in [4.69, 9.17) is 4.74 Å². The number of aromatic nitrogens is 5. The number of H-pyrrole nitrogens is 2. The zero-order valence-corrected chi connectivity index (χ0v) is 15.5. The fourth-order valence-electron chi connectivity index (χ4n) is 2.53. The number of rotatable bonds is 9. The highest BCUT2D eigenvalue weighted by Crippen LogP contribution is 2.19. The van der Waals surface area contributed by atoms with E-state index in [1.165, 1.54) is 13.2 Å². The first-order valence-corrected chi connectivity index (χ1v) is 8.37. The van der Waals surface area contributed by atoms with E-state index in [9.17, 15) is 19.5 Å². The van der Waals surface area contributed by atoms with Crippen LogP contribution in [0, 0.1) is 0 Å². The molecule has 0 aliphatic carbocycles. The Morgan fingerprint density at radius 3 is 2.81 bits per heavy atom. The van der Waals surface area contributed by atoms with E-state index in [1.54, 1.807) is 10.9 Å². The van der Waals surface area contributed by atoms with Crippen molar-refractivity contribution in [1.82, 2.24) is 30.3 Å². The summed E-state index contributed by atoms with van der Waals surface area (Å²) in [6.07, 6.45) is 1.40. The molecule has 4 N–H and O–H groups in total. The molecule has 2 rings (SSSR count). The topological polar surface area (TPSA) is 155 Å². The number of carbonyl (C=O) groups is 1. The maximum absolute atomic E-state index is 12.2. The second-order valence-electron chi connectivity index (χ2n) is 6.85. The molecule has 0 fully saturated rings. The number of aliphatic hydroxyl groups is 1. The molecule has 0 spiro atoms. The summed E-state index contributed by atoms with van der Waals surface area (Å²) < 4.78 is 6.45. The second-order valence-corrected chi connectivity index (χ2v) is 6.85. The number of hydrogen-bond acceptors (Lipinski definition) is 7. The lowest BCUT2D eigenvalue weighted by Gasteiger charge is -2.23. The fraction of sp³-hybridized carbons (Fsp3) is 0.562. The van der Waals surface area contributed by atoms with Crippen molar-refractivity contribution in [1.29, 1.82) is 0 Å². The van der Waals surface area contributed by atoms with Crippen LogP contribution in [-0.2, 0) is 28.0 Å². The van der Waals surface area contributed by atoms with Crippen LogP contribution in [0.1, 0.15) is 31.7 Å². The van der Waals surface area contributed by atoms with Gasteiger partial charge in [-0.15, -0.1) is 5.10 Å². The summed E-state index contributed by atoms with van der Waals surface area (Å²) in [7, 11) is 1.50. The van der Waals surface area contributed by atoms with E-state index in [0.717, 1.165) is 0 Å². The third-order valence-electron chi connectivity index (χ3n) is 3.85. The maximum atomic E-state index is 12.2. The molecule has 0 aromatic carbocycles. The van der Waals surface area contributed by atoms with Gasteiger partial charge in [-0.1, -0.05) is 5.21 Å². The highest BCUT2D eigenvalue weighted by Gasteiger charge is 2.26. The Morgan fingerprint density at radius 2 is 2.15 bits per heavy atom. The van der Waals surface area contributed by atoms with E-state index in [2.05, 4.69) is 25.6 Å². The van der Waals surface area contributed by atoms with Crippen molar-refractivity contribution in [3.05, 3.63) is 44.5 Å². The average molecular weight is 380 g/mol. The standard InChI is InChI=1S/C16H24N6O5/c1-16(2,22-8-11(20-21-22)4-12(23)9-27-3)6-14(25)17-7-10-5-13(24)19-15(26)18-10/h5,8,12,23H,4,6-7,9H2,1-3H3,(H,17,25)(H2,18,19,24,26)/t12-/m0/s1. The third-order valence-corrected chi connectivity index (χ3v) is 3.85. The predicted octanol–water partition coefficient (Wildman–Crippen LogP) is -1.35. The lowest BCUT2D eigenvalue weighted by Crippen LogP contribution is -2.36. The molecule has 0 radical (unpaired) electrons. The molecule has 0 bridgehead atoms. The minimum atomic E-state index is -0.678. The van der Waals surface area contributed by atoms with Gasteiger partial charge in [0.05, 0.1) is 36.9 Å². The SMILES string of the molecule is COC[C@@H](O)Cc1cn(C(C)(C)CC(=O)NCc2cc(=O)[nH]c(=O)[nH]2)nn1. The quantitative estimate of drug-likeness (QED) is 0.419. The van der Waals surface area contributed by atoms with Gasteiger partial charge in [-0.2, -0.15) is 0 Å². The molecule has 148 valence electrons. The molecule has 0 aliphatic rings. The van der Waals surface area contributed by atoms with Gasteiger partial charge in [0.25, 0.3) is 5.56 Å². The van der Waals surface area contributed by atoms with Gasteiger partial charge in [0.1, 0.15) is 0 Å². The lowest BCUT2D eigenvalue weighted by molar-refractivity contribution is -0.123. The van der Waals surface area contributed by atoms with E-state index in [-0.39, 0.29) is 25.5 Å². The molecule has 11 nitrogen and oxygen atoms in total. The number of amides is 1. The Hall–Kier alpha value is -2.79. The van der Waals surface area contributed by atoms with Crippen molar-refractivity contribution in [2.24, 2.45) is 0 Å². The van der Waals surface area contributed by atoms with Crippen LogP contribution >= 0.6 is 0 Å². The molecule has 2 heterocycles. The van der Waals surface area contributed by atoms with Gasteiger partial charge >= 0.3 is 5.69 Å². The van der Waals surface area contributed by atoms with E-state index in [0.29, 0.717) is 17.8 Å². The molecule has 2 aromatic heterocycles. The smallest absolute Gasteiger partial charge is 0.325 e. The first-order chi connectivity index (χ1) is 12.7. The van der Waals surface area contributed by atoms with Crippen LogP contribution in [0.5, 0.6) is 0 Å². The zero-order valence-electron chi connectivity index (χ0n) is 15.5. The molecule has 2 aromatic rings. The molecule has 1 atom stereocenters. The van der Waals surface area contributed by atoms with E-state index in [1.807, 2.05) is 13.8 Å². The highest BCUT2D eigenvalue weighted by molar-refractivity contribution is 5.76. The van der Waals surface area contributed by atoms with Crippen LogP contribution < -0.4 is 16.6 Å². The Kier molecular flexibility index (Phi) is 6.64. The van der Waals surface area contributed by atoms with Crippen LogP contribution in [0.4, 0.5) is 0 Å². The van der Waals surface area contributed by atoms with Gasteiger partial charge in [0.15, 0.2) is 0 Å². The zero-order chi connectivity index (χ0) is 20.0. The molecule has 0 saturated heterocycles. The van der Waals surface area contributed by atoms with E-state index < -0.39 is 22.9 Å². The largest absolute Gasteiger partial charge is 0.390 e. The van der Waals surface area contributed by atoms with Crippen LogP contribution in [0.2, 0.25) is 0 Å². The minimum absolute atomic E-state index is 0.0277. The Balaban J connectivity index is 1.94. The number of carbonyl (C=O) groups excluding carboxylic acids is 1. The average Bonchev–Trinajstić information content (AvgIpc) is 3.01. The highest BCUT2D eigenvalue weighted by atomic mass is 16.5. The van der Waals surface area contributed by atoms with Crippen molar-refractivity contribution < 1.29 is 14.6 Å². The Morgan fingerprint density at radius 1 is 1.41 bits per heavy atom. The summed E-state index contributed by atoms with van der Waals surface area (Å²) in [4.78, 5) is 39.2. The number of aliphatic hydroxyl groups excluding tert-OH is 1. The van der Waals surface area contributed by atoms with Crippen LogP contribution in [0.25, 0.3) is 0 Å². The number of ether oxygens (including phenoxy) is 1. The van der Waals surface area contributed by atoms with Gasteiger partial charge in [-0.05, 0) is 13.8 Å².